The molecule has 10 amide bonds. The van der Waals surface area contributed by atoms with Gasteiger partial charge in [-0.2, -0.15) is 23.5 Å². The molecule has 0 saturated carbocycles. The number of nitrogens with two attached hydrogens (primary N) is 8. The molecule has 10 unspecified atom stereocenters. The van der Waals surface area contributed by atoms with E-state index in [0.29, 0.717) is 129 Å². The van der Waals surface area contributed by atoms with Crippen molar-refractivity contribution < 1.29 is 58.2 Å². The molecule has 0 spiro atoms. The quantitative estimate of drug-likeness (QED) is 0.0386. The van der Waals surface area contributed by atoms with Gasteiger partial charge < -0.3 is 109 Å². The number of carbonyl (C=O) groups is 10. The Hall–Kier alpha value is -5.00. The number of carbonyl (C=O) groups excluding carboxylic acids is 10. The van der Waals surface area contributed by atoms with Crippen LogP contribution in [0, 0.1) is 0 Å². The van der Waals surface area contributed by atoms with E-state index in [2.05, 4.69) is 67.0 Å². The van der Waals surface area contributed by atoms with E-state index in [1.807, 2.05) is 0 Å². The highest BCUT2D eigenvalue weighted by atomic mass is 32.2. The van der Waals surface area contributed by atoms with Gasteiger partial charge in [0.15, 0.2) is 0 Å². The van der Waals surface area contributed by atoms with Gasteiger partial charge in [-0.05, 0) is 129 Å². The van der Waals surface area contributed by atoms with E-state index in [0.717, 1.165) is 64.2 Å². The molecule has 618 valence electrons. The average Bonchev–Trinajstić information content (AvgIpc) is 0.874. The van der Waals surface area contributed by atoms with Gasteiger partial charge in [-0.25, -0.2) is 0 Å². The molecule has 0 radical (unpaired) electrons. The first-order chi connectivity index (χ1) is 51.2. The maximum absolute atomic E-state index is 14.5. The SMILES string of the molecule is CCCCCCCCCCCCNC(=O)C(CO)NC(=O)C(CSCCSCC(NC(=O)C(CCCCNC(=O)C(N)CCCCN)NC(=O)C(N)CCCCN)C(=O)NC(CO)C(=O)NCCCCCCCCCCCC)NC(=O)C(CCCCNC(=O)C(N)CCCCN)NC(=O)C(N)CCCCN. The molecule has 0 aromatic rings. The van der Waals surface area contributed by atoms with Crippen molar-refractivity contribution in [3.63, 3.8) is 0 Å². The van der Waals surface area contributed by atoms with Crippen LogP contribution in [-0.2, 0) is 47.9 Å². The van der Waals surface area contributed by atoms with Crippen LogP contribution in [0.2, 0.25) is 0 Å². The average molecular weight is 1550 g/mol. The van der Waals surface area contributed by atoms with Crippen LogP contribution in [0.25, 0.3) is 0 Å². The summed E-state index contributed by atoms with van der Waals surface area (Å²) in [7, 11) is 0. The van der Waals surface area contributed by atoms with Gasteiger partial charge in [-0.3, -0.25) is 47.9 Å². The lowest BCUT2D eigenvalue weighted by molar-refractivity contribution is -0.134. The molecule has 0 bridgehead atoms. The highest BCUT2D eigenvalue weighted by Gasteiger charge is 2.33. The normalized spacial score (nSPS) is 14.2. The Morgan fingerprint density at radius 2 is 0.491 bits per heavy atom. The second kappa shape index (κ2) is 69.2. The van der Waals surface area contributed by atoms with Crippen LogP contribution in [0.15, 0.2) is 0 Å². The highest BCUT2D eigenvalue weighted by Crippen LogP contribution is 2.16. The van der Waals surface area contributed by atoms with Crippen molar-refractivity contribution in [1.82, 2.24) is 53.2 Å². The Morgan fingerprint density at radius 1 is 0.264 bits per heavy atom. The van der Waals surface area contributed by atoms with Crippen LogP contribution in [0.3, 0.4) is 0 Å². The topological polar surface area (TPSA) is 540 Å². The van der Waals surface area contributed by atoms with Gasteiger partial charge in [0.05, 0.1) is 37.4 Å². The summed E-state index contributed by atoms with van der Waals surface area (Å²) >= 11 is 2.44. The third-order valence-electron chi connectivity index (χ3n) is 18.4. The largest absolute Gasteiger partial charge is 0.394 e. The molecule has 0 heterocycles. The number of nitrogens with one attached hydrogen (secondary N) is 10. The van der Waals surface area contributed by atoms with E-state index >= 15 is 0 Å². The summed E-state index contributed by atoms with van der Waals surface area (Å²) < 4.78 is 0. The smallest absolute Gasteiger partial charge is 0.244 e. The zero-order chi connectivity index (χ0) is 78.8. The minimum Gasteiger partial charge on any atom is -0.394 e. The number of hydrogen-bond acceptors (Lipinski definition) is 22. The molecule has 0 saturated heterocycles. The molecule has 0 aliphatic rings. The van der Waals surface area contributed by atoms with Crippen molar-refractivity contribution in [2.45, 2.75) is 318 Å². The molecule has 0 fully saturated rings. The van der Waals surface area contributed by atoms with Gasteiger partial charge >= 0.3 is 0 Å². The minimum absolute atomic E-state index is 0.0698. The van der Waals surface area contributed by atoms with Gasteiger partial charge in [0, 0.05) is 49.2 Å². The molecule has 106 heavy (non-hydrogen) atoms. The van der Waals surface area contributed by atoms with E-state index in [4.69, 9.17) is 45.9 Å². The lowest BCUT2D eigenvalue weighted by Crippen LogP contribution is -2.59. The third-order valence-corrected chi connectivity index (χ3v) is 20.8. The van der Waals surface area contributed by atoms with Crippen molar-refractivity contribution in [2.24, 2.45) is 45.9 Å². The Balaban J connectivity index is 6.98. The predicted molar refractivity (Wildman–Crippen MR) is 427 cm³/mol. The van der Waals surface area contributed by atoms with Crippen LogP contribution >= 0.6 is 23.5 Å². The second-order valence-corrected chi connectivity index (χ2v) is 30.3. The van der Waals surface area contributed by atoms with Gasteiger partial charge in [0.25, 0.3) is 0 Å². The van der Waals surface area contributed by atoms with Crippen LogP contribution in [0.1, 0.15) is 258 Å². The first-order valence-electron chi connectivity index (χ1n) is 40.3. The summed E-state index contributed by atoms with van der Waals surface area (Å²) in [6.07, 6.45) is 30.1. The van der Waals surface area contributed by atoms with Crippen LogP contribution in [0.5, 0.6) is 0 Å². The van der Waals surface area contributed by atoms with E-state index in [9.17, 15) is 58.2 Å². The lowest BCUT2D eigenvalue weighted by atomic mass is 10.1. The number of thioether (sulfide) groups is 2. The number of aliphatic hydroxyl groups is 2. The first-order valence-corrected chi connectivity index (χ1v) is 42.6. The fourth-order valence-corrected chi connectivity index (χ4v) is 13.8. The highest BCUT2D eigenvalue weighted by molar-refractivity contribution is 8.03. The van der Waals surface area contributed by atoms with Gasteiger partial charge in [0.2, 0.25) is 59.1 Å². The second-order valence-electron chi connectivity index (χ2n) is 28.0. The number of aliphatic hydroxyl groups excluding tert-OH is 2. The number of rotatable bonds is 73. The summed E-state index contributed by atoms with van der Waals surface area (Å²) in [6.45, 7) is 5.70. The Morgan fingerprint density at radius 3 is 0.774 bits per heavy atom. The van der Waals surface area contributed by atoms with Gasteiger partial charge in [0.1, 0.15) is 36.3 Å². The maximum atomic E-state index is 14.5. The van der Waals surface area contributed by atoms with Crippen LogP contribution < -0.4 is 99.0 Å². The monoisotopic (exact) mass is 1550 g/mol. The van der Waals surface area contributed by atoms with Crippen LogP contribution in [-0.4, -0.2) is 218 Å². The van der Waals surface area contributed by atoms with E-state index in [-0.39, 0.29) is 73.6 Å². The number of amides is 10. The fraction of sp³-hybridized carbons (Fsp3) is 0.865. The van der Waals surface area contributed by atoms with Crippen molar-refractivity contribution in [3.05, 3.63) is 0 Å². The summed E-state index contributed by atoms with van der Waals surface area (Å²) in [5, 5.41) is 48.6. The van der Waals surface area contributed by atoms with E-state index < -0.39 is 121 Å². The molecule has 0 aromatic carbocycles. The molecule has 0 aromatic heterocycles. The van der Waals surface area contributed by atoms with Crippen LogP contribution in [0.4, 0.5) is 0 Å². The Bertz CT molecular complexity index is 2180. The number of unbranched alkanes of at least 4 members (excludes halogenated alkanes) is 24. The fourth-order valence-electron chi connectivity index (χ4n) is 11.5. The molecular weight excluding hydrogens is 1400 g/mol. The predicted octanol–water partition coefficient (Wildman–Crippen LogP) is 1.82. The van der Waals surface area contributed by atoms with E-state index in [1.54, 1.807) is 0 Å². The molecule has 0 aliphatic carbocycles. The van der Waals surface area contributed by atoms with Crippen molar-refractivity contribution in [1.29, 1.82) is 0 Å². The minimum atomic E-state index is -1.39. The first kappa shape index (κ1) is 101. The summed E-state index contributed by atoms with van der Waals surface area (Å²) in [4.78, 5) is 138. The molecule has 28 N–H and O–H groups in total. The molecule has 10 atom stereocenters. The molecule has 32 heteroatoms. The molecule has 30 nitrogen and oxygen atoms in total. The van der Waals surface area contributed by atoms with Crippen molar-refractivity contribution >= 4 is 82.6 Å². The summed E-state index contributed by atoms with van der Waals surface area (Å²) in [6, 6.07) is -11.3. The number of hydrogen-bond donors (Lipinski definition) is 20. The zero-order valence-corrected chi connectivity index (χ0v) is 66.6. The van der Waals surface area contributed by atoms with Gasteiger partial charge in [-0.1, -0.05) is 155 Å². The third kappa shape index (κ3) is 53.0. The summed E-state index contributed by atoms with van der Waals surface area (Å²) in [5.41, 5.74) is 47.4. The van der Waals surface area contributed by atoms with E-state index in [1.165, 1.54) is 87.7 Å². The maximum Gasteiger partial charge on any atom is 0.244 e. The molecule has 0 aliphatic heterocycles. The summed E-state index contributed by atoms with van der Waals surface area (Å²) in [5.74, 6) is -5.85. The Kier molecular flexibility index (Phi) is 65.9. The molecule has 0 rings (SSSR count). The Labute approximate surface area is 643 Å². The lowest BCUT2D eigenvalue weighted by Gasteiger charge is -2.26. The van der Waals surface area contributed by atoms with Crippen molar-refractivity contribution in [2.75, 3.05) is 88.6 Å². The standard InChI is InChI=1S/C74H148N18O12S2/c1-3-5-7-9-11-13-15-17-19-31-45-85-69(99)61(51-93)89-73(103)63(91-71(101)59(87-67(97)57(81)37-23-29-43-77)39-25-33-47-83-65(95)55(79)35-21-27-41-75)53-105-49-50-106-54-64(74(104)90-62(52-94)70(100)86-46-32-20-18-16-14-12-10-8-6-4-2)92-72(102)60(88-68(98)58(82)38-24-30-44-78)40-26-34-48-84-66(96)56(80)36-22-28-42-76/h55-64,93-94H,3-54,75-82H2,1-2H3,(H,83,95)(H,84,96)(H,85,99)(H,86,100)(H,87,97)(H,88,98)(H,89,103)(H,90,104)(H,91,101)(H,92,102). The zero-order valence-electron chi connectivity index (χ0n) is 65.0. The van der Waals surface area contributed by atoms with Crippen molar-refractivity contribution in [3.8, 4) is 0 Å². The molecular formula is C74H148N18O12S2. The van der Waals surface area contributed by atoms with Gasteiger partial charge in [-0.15, -0.1) is 0 Å².